The highest BCUT2D eigenvalue weighted by Crippen LogP contribution is 2.44. The van der Waals surface area contributed by atoms with Crippen LogP contribution in [0.4, 0.5) is 4.79 Å². The number of benzene rings is 2. The lowest BCUT2D eigenvalue weighted by molar-refractivity contribution is -0.123. The van der Waals surface area contributed by atoms with Crippen LogP contribution in [0.15, 0.2) is 57.1 Å². The van der Waals surface area contributed by atoms with Crippen LogP contribution in [0.1, 0.15) is 39.9 Å². The number of halogens is 2. The molecule has 3 aromatic rings. The molecule has 0 radical (unpaired) electrons. The largest absolute Gasteiger partial charge is 0.490 e. The predicted octanol–water partition coefficient (Wildman–Crippen LogP) is 5.86. The number of aryl methyl sites for hydroxylation is 1. The van der Waals surface area contributed by atoms with Crippen LogP contribution in [0.25, 0.3) is 6.08 Å². The van der Waals surface area contributed by atoms with E-state index in [9.17, 15) is 14.4 Å². The number of carbonyl (C=O) groups is 3. The number of hydrogen-bond donors (Lipinski definition) is 1. The molecule has 1 saturated heterocycles. The number of nitrogens with one attached hydrogen (secondary N) is 1. The number of urea groups is 1. The van der Waals surface area contributed by atoms with Crippen molar-refractivity contribution < 1.29 is 33.0 Å². The van der Waals surface area contributed by atoms with Crippen LogP contribution in [-0.2, 0) is 22.7 Å². The minimum absolute atomic E-state index is 0.0299. The average molecular weight is 604 g/mol. The molecule has 0 saturated carbocycles. The van der Waals surface area contributed by atoms with Gasteiger partial charge in [0.1, 0.15) is 23.1 Å². The van der Waals surface area contributed by atoms with Crippen molar-refractivity contribution in [1.82, 2.24) is 10.2 Å². The van der Waals surface area contributed by atoms with Crippen molar-refractivity contribution >= 4 is 51.5 Å². The molecule has 1 aromatic heterocycles. The summed E-state index contributed by atoms with van der Waals surface area (Å²) in [6, 6.07) is 11.9. The Morgan fingerprint density at radius 1 is 1.16 bits per heavy atom. The van der Waals surface area contributed by atoms with Crippen molar-refractivity contribution in [3.8, 4) is 11.5 Å². The molecule has 1 fully saturated rings. The summed E-state index contributed by atoms with van der Waals surface area (Å²) in [5, 5.41) is 2.82. The second kappa shape index (κ2) is 11.7. The van der Waals surface area contributed by atoms with Crippen LogP contribution in [0.5, 0.6) is 11.5 Å². The molecule has 0 spiro atoms. The Morgan fingerprint density at radius 2 is 1.89 bits per heavy atom. The van der Waals surface area contributed by atoms with E-state index in [1.165, 1.54) is 25.3 Å². The Bertz CT molecular complexity index is 1420. The van der Waals surface area contributed by atoms with Gasteiger partial charge < -0.3 is 23.9 Å². The van der Waals surface area contributed by atoms with Crippen molar-refractivity contribution in [2.45, 2.75) is 27.0 Å². The van der Waals surface area contributed by atoms with Crippen LogP contribution in [0, 0.1) is 6.92 Å². The fourth-order valence-corrected chi connectivity index (χ4v) is 4.31. The molecule has 1 N–H and O–H groups in total. The van der Waals surface area contributed by atoms with Gasteiger partial charge in [-0.15, -0.1) is 0 Å². The molecule has 3 amide bonds. The van der Waals surface area contributed by atoms with Gasteiger partial charge in [-0.05, 0) is 65.2 Å². The van der Waals surface area contributed by atoms with Gasteiger partial charge in [-0.2, -0.15) is 0 Å². The Morgan fingerprint density at radius 3 is 2.58 bits per heavy atom. The number of furan rings is 1. The third kappa shape index (κ3) is 5.87. The number of amides is 3. The van der Waals surface area contributed by atoms with Gasteiger partial charge >= 0.3 is 12.0 Å². The van der Waals surface area contributed by atoms with E-state index in [1.54, 1.807) is 6.07 Å². The van der Waals surface area contributed by atoms with Crippen LogP contribution in [-0.4, -0.2) is 36.5 Å². The van der Waals surface area contributed by atoms with E-state index in [4.69, 9.17) is 25.5 Å². The zero-order chi connectivity index (χ0) is 27.4. The Kier molecular flexibility index (Phi) is 8.43. The number of nitrogens with zero attached hydrogens (tertiary/aromatic N) is 1. The predicted molar refractivity (Wildman–Crippen MR) is 143 cm³/mol. The number of carbonyl (C=O) groups excluding carboxylic acids is 3. The molecule has 0 aliphatic carbocycles. The molecule has 0 unspecified atom stereocenters. The zero-order valence-corrected chi connectivity index (χ0v) is 23.1. The minimum atomic E-state index is -0.660. The van der Waals surface area contributed by atoms with Gasteiger partial charge in [-0.1, -0.05) is 41.4 Å². The number of hydrogen-bond acceptors (Lipinski definition) is 7. The molecule has 9 nitrogen and oxygen atoms in total. The maximum absolute atomic E-state index is 13.0. The smallest absolute Gasteiger partial charge is 0.373 e. The molecule has 11 heteroatoms. The van der Waals surface area contributed by atoms with Crippen molar-refractivity contribution in [3.63, 3.8) is 0 Å². The summed E-state index contributed by atoms with van der Waals surface area (Å²) in [5.74, 6) is -0.283. The fraction of sp³-hybridized carbons (Fsp3) is 0.222. The summed E-state index contributed by atoms with van der Waals surface area (Å²) in [4.78, 5) is 38.1. The molecule has 38 heavy (non-hydrogen) atoms. The van der Waals surface area contributed by atoms with Crippen molar-refractivity contribution in [3.05, 3.63) is 85.9 Å². The Labute approximate surface area is 232 Å². The van der Waals surface area contributed by atoms with Crippen LogP contribution >= 0.6 is 27.5 Å². The van der Waals surface area contributed by atoms with E-state index in [0.29, 0.717) is 28.1 Å². The molecular formula is C27H24BrClN2O7. The molecule has 2 heterocycles. The lowest BCUT2D eigenvalue weighted by Gasteiger charge is -2.16. The molecule has 4 rings (SSSR count). The SMILES string of the molecule is CCOc1cc(/C=C2\NC(=O)N(Cc3ccc(C(=O)OC)o3)C2=O)c(Br)c(Cl)c1OCc1ccc(C)cc1. The Hall–Kier alpha value is -3.76. The van der Waals surface area contributed by atoms with E-state index in [-0.39, 0.29) is 35.4 Å². The van der Waals surface area contributed by atoms with Gasteiger partial charge in [0, 0.05) is 4.47 Å². The van der Waals surface area contributed by atoms with Crippen LogP contribution in [0.3, 0.4) is 0 Å². The summed E-state index contributed by atoms with van der Waals surface area (Å²) >= 11 is 10.1. The van der Waals surface area contributed by atoms with Crippen LogP contribution in [0.2, 0.25) is 5.02 Å². The second-order valence-electron chi connectivity index (χ2n) is 8.27. The third-order valence-corrected chi connectivity index (χ3v) is 7.03. The molecule has 198 valence electrons. The summed E-state index contributed by atoms with van der Waals surface area (Å²) in [6.07, 6.45) is 1.49. The first-order valence-corrected chi connectivity index (χ1v) is 12.7. The summed E-state index contributed by atoms with van der Waals surface area (Å²) in [5.41, 5.74) is 2.63. The monoisotopic (exact) mass is 602 g/mol. The van der Waals surface area contributed by atoms with Gasteiger partial charge in [-0.3, -0.25) is 9.69 Å². The van der Waals surface area contributed by atoms with E-state index in [2.05, 4.69) is 26.0 Å². The molecule has 0 atom stereocenters. The average Bonchev–Trinajstić information content (AvgIpc) is 3.48. The van der Waals surface area contributed by atoms with Crippen molar-refractivity contribution in [2.24, 2.45) is 0 Å². The van der Waals surface area contributed by atoms with E-state index in [1.807, 2.05) is 38.1 Å². The number of ether oxygens (including phenoxy) is 3. The normalized spacial score (nSPS) is 14.1. The van der Waals surface area contributed by atoms with Gasteiger partial charge in [0.25, 0.3) is 5.91 Å². The summed E-state index contributed by atoms with van der Waals surface area (Å²) in [7, 11) is 1.23. The van der Waals surface area contributed by atoms with Gasteiger partial charge in [0.15, 0.2) is 11.5 Å². The zero-order valence-electron chi connectivity index (χ0n) is 20.8. The highest BCUT2D eigenvalue weighted by Gasteiger charge is 2.35. The number of imide groups is 1. The van der Waals surface area contributed by atoms with Gasteiger partial charge in [0.05, 0.1) is 20.3 Å². The van der Waals surface area contributed by atoms with Gasteiger partial charge in [0.2, 0.25) is 5.76 Å². The summed E-state index contributed by atoms with van der Waals surface area (Å²) < 4.78 is 22.2. The molecule has 1 aliphatic heterocycles. The van der Waals surface area contributed by atoms with Crippen LogP contribution < -0.4 is 14.8 Å². The summed E-state index contributed by atoms with van der Waals surface area (Å²) in [6.45, 7) is 4.30. The van der Waals surface area contributed by atoms with E-state index >= 15 is 0 Å². The van der Waals surface area contributed by atoms with E-state index in [0.717, 1.165) is 16.0 Å². The minimum Gasteiger partial charge on any atom is -0.490 e. The van der Waals surface area contributed by atoms with E-state index < -0.39 is 17.9 Å². The standard InChI is InChI=1S/C27H24BrClN2O7/c1-4-36-21-12-17(22(28)23(29)24(21)37-14-16-7-5-15(2)6-8-16)11-19-25(32)31(27(34)30-19)13-18-9-10-20(38-18)26(33)35-3/h5-12H,4,13-14H2,1-3H3,(H,30,34)/b19-11-. The number of methoxy groups -OCH3 is 1. The van der Waals surface area contributed by atoms with Crippen molar-refractivity contribution in [2.75, 3.05) is 13.7 Å². The molecular weight excluding hydrogens is 580 g/mol. The first-order chi connectivity index (χ1) is 18.2. The first kappa shape index (κ1) is 27.3. The first-order valence-electron chi connectivity index (χ1n) is 11.6. The number of esters is 1. The molecule has 1 aliphatic rings. The quantitative estimate of drug-likeness (QED) is 0.185. The van der Waals surface area contributed by atoms with Gasteiger partial charge in [-0.25, -0.2) is 9.59 Å². The fourth-order valence-electron chi connectivity index (χ4n) is 3.65. The Balaban J connectivity index is 1.57. The second-order valence-corrected chi connectivity index (χ2v) is 9.44. The lowest BCUT2D eigenvalue weighted by atomic mass is 10.1. The third-order valence-electron chi connectivity index (χ3n) is 5.58. The topological polar surface area (TPSA) is 107 Å². The highest BCUT2D eigenvalue weighted by molar-refractivity contribution is 9.10. The highest BCUT2D eigenvalue weighted by atomic mass is 79.9. The molecule has 0 bridgehead atoms. The maximum Gasteiger partial charge on any atom is 0.373 e. The lowest BCUT2D eigenvalue weighted by Crippen LogP contribution is -2.30. The maximum atomic E-state index is 13.0. The molecule has 2 aromatic carbocycles. The van der Waals surface area contributed by atoms with Crippen molar-refractivity contribution in [1.29, 1.82) is 0 Å². The number of rotatable bonds is 9.